The van der Waals surface area contributed by atoms with E-state index in [2.05, 4.69) is 11.9 Å². The molecule has 86 valence electrons. The van der Waals surface area contributed by atoms with Gasteiger partial charge in [0.2, 0.25) is 0 Å². The highest BCUT2D eigenvalue weighted by Crippen LogP contribution is 2.30. The molecule has 1 nitrogen and oxygen atoms in total. The summed E-state index contributed by atoms with van der Waals surface area (Å²) in [5, 5.41) is 2.85. The fraction of sp³-hybridized carbons (Fsp3) is 0.167. The average molecular weight is 227 g/mol. The first kappa shape index (κ1) is 12.4. The molecule has 1 N–H and O–H groups in total. The van der Waals surface area contributed by atoms with Crippen LogP contribution in [-0.4, -0.2) is 0 Å². The van der Waals surface area contributed by atoms with Gasteiger partial charge in [0.15, 0.2) is 0 Å². The van der Waals surface area contributed by atoms with Crippen molar-refractivity contribution in [1.29, 1.82) is 0 Å². The standard InChI is InChI=1S/C12H12F3N/c1-3-5-9(2)16-11-7-4-6-10(8-11)12(13,14)15/h3-8,16H,1H2,2H3/b9-5+. The van der Waals surface area contributed by atoms with Crippen molar-refractivity contribution in [3.63, 3.8) is 0 Å². The lowest BCUT2D eigenvalue weighted by molar-refractivity contribution is -0.137. The van der Waals surface area contributed by atoms with Gasteiger partial charge in [0, 0.05) is 11.4 Å². The van der Waals surface area contributed by atoms with Crippen molar-refractivity contribution in [2.24, 2.45) is 0 Å². The maximum atomic E-state index is 12.4. The van der Waals surface area contributed by atoms with E-state index in [4.69, 9.17) is 0 Å². The zero-order valence-corrected chi connectivity index (χ0v) is 8.81. The van der Waals surface area contributed by atoms with Gasteiger partial charge in [-0.3, -0.25) is 0 Å². The second kappa shape index (κ2) is 4.88. The van der Waals surface area contributed by atoms with Crippen LogP contribution >= 0.6 is 0 Å². The molecule has 0 aliphatic rings. The highest BCUT2D eigenvalue weighted by atomic mass is 19.4. The number of alkyl halides is 3. The first-order chi connectivity index (χ1) is 7.43. The van der Waals surface area contributed by atoms with Crippen LogP contribution in [0.1, 0.15) is 12.5 Å². The van der Waals surface area contributed by atoms with Crippen molar-refractivity contribution in [2.45, 2.75) is 13.1 Å². The molecule has 0 saturated heterocycles. The normalized spacial score (nSPS) is 12.4. The summed E-state index contributed by atoms with van der Waals surface area (Å²) in [4.78, 5) is 0. The summed E-state index contributed by atoms with van der Waals surface area (Å²) < 4.78 is 37.2. The first-order valence-corrected chi connectivity index (χ1v) is 4.67. The highest BCUT2D eigenvalue weighted by Gasteiger charge is 2.30. The molecule has 0 aliphatic heterocycles. The fourth-order valence-corrected chi connectivity index (χ4v) is 1.22. The van der Waals surface area contributed by atoms with Crippen LogP contribution in [0.3, 0.4) is 0 Å². The molecule has 0 atom stereocenters. The van der Waals surface area contributed by atoms with Crippen LogP contribution in [-0.2, 0) is 6.18 Å². The molecule has 1 rings (SSSR count). The van der Waals surface area contributed by atoms with Crippen LogP contribution in [0.15, 0.2) is 48.7 Å². The lowest BCUT2D eigenvalue weighted by atomic mass is 10.2. The zero-order valence-electron chi connectivity index (χ0n) is 8.81. The number of anilines is 1. The van der Waals surface area contributed by atoms with E-state index in [1.54, 1.807) is 25.1 Å². The van der Waals surface area contributed by atoms with Gasteiger partial charge < -0.3 is 5.32 Å². The molecular formula is C12H12F3N. The Hall–Kier alpha value is -1.71. The van der Waals surface area contributed by atoms with Gasteiger partial charge in [-0.2, -0.15) is 13.2 Å². The maximum absolute atomic E-state index is 12.4. The SMILES string of the molecule is C=C/C=C(\C)Nc1cccc(C(F)(F)F)c1. The molecule has 0 fully saturated rings. The van der Waals surface area contributed by atoms with Crippen molar-refractivity contribution < 1.29 is 13.2 Å². The highest BCUT2D eigenvalue weighted by molar-refractivity contribution is 5.50. The summed E-state index contributed by atoms with van der Waals surface area (Å²) in [6.45, 7) is 5.25. The first-order valence-electron chi connectivity index (χ1n) is 4.67. The summed E-state index contributed by atoms with van der Waals surface area (Å²) >= 11 is 0. The molecule has 0 aromatic heterocycles. The van der Waals surface area contributed by atoms with Crippen molar-refractivity contribution in [3.8, 4) is 0 Å². The summed E-state index contributed by atoms with van der Waals surface area (Å²) in [6, 6.07) is 5.06. The van der Waals surface area contributed by atoms with Gasteiger partial charge in [-0.25, -0.2) is 0 Å². The van der Waals surface area contributed by atoms with Crippen LogP contribution in [0.2, 0.25) is 0 Å². The van der Waals surface area contributed by atoms with E-state index in [1.807, 2.05) is 0 Å². The average Bonchev–Trinajstić information content (AvgIpc) is 2.17. The second-order valence-corrected chi connectivity index (χ2v) is 3.29. The van der Waals surface area contributed by atoms with Crippen LogP contribution in [0.4, 0.5) is 18.9 Å². The van der Waals surface area contributed by atoms with E-state index in [-0.39, 0.29) is 0 Å². The van der Waals surface area contributed by atoms with E-state index in [0.717, 1.165) is 17.8 Å². The Morgan fingerprint density at radius 3 is 2.62 bits per heavy atom. The number of rotatable bonds is 3. The molecule has 16 heavy (non-hydrogen) atoms. The molecule has 0 unspecified atom stereocenters. The Labute approximate surface area is 92.3 Å². The summed E-state index contributed by atoms with van der Waals surface area (Å²) in [5.41, 5.74) is 0.476. The van der Waals surface area contributed by atoms with Crippen LogP contribution in [0.5, 0.6) is 0 Å². The van der Waals surface area contributed by atoms with Gasteiger partial charge in [0.25, 0.3) is 0 Å². The zero-order chi connectivity index (χ0) is 12.2. The predicted molar refractivity (Wildman–Crippen MR) is 59.0 cm³/mol. The van der Waals surface area contributed by atoms with Gasteiger partial charge >= 0.3 is 6.18 Å². The van der Waals surface area contributed by atoms with Crippen molar-refractivity contribution in [2.75, 3.05) is 5.32 Å². The van der Waals surface area contributed by atoms with Gasteiger partial charge in [0.05, 0.1) is 5.56 Å². The summed E-state index contributed by atoms with van der Waals surface area (Å²) in [5.74, 6) is 0. The minimum absolute atomic E-state index is 0.408. The number of hydrogen-bond donors (Lipinski definition) is 1. The Morgan fingerprint density at radius 2 is 2.06 bits per heavy atom. The molecule has 1 aromatic carbocycles. The minimum atomic E-state index is -4.31. The molecule has 0 aliphatic carbocycles. The van der Waals surface area contributed by atoms with E-state index in [0.29, 0.717) is 5.69 Å². The molecular weight excluding hydrogens is 215 g/mol. The van der Waals surface area contributed by atoms with E-state index < -0.39 is 11.7 Å². The quantitative estimate of drug-likeness (QED) is 0.763. The summed E-state index contributed by atoms with van der Waals surface area (Å²) in [7, 11) is 0. The molecule has 0 radical (unpaired) electrons. The second-order valence-electron chi connectivity index (χ2n) is 3.29. The van der Waals surface area contributed by atoms with E-state index in [9.17, 15) is 13.2 Å². The molecule has 0 saturated carbocycles. The number of allylic oxidation sites excluding steroid dienone is 3. The largest absolute Gasteiger partial charge is 0.416 e. The van der Waals surface area contributed by atoms with Gasteiger partial charge in [-0.15, -0.1) is 0 Å². The predicted octanol–water partition coefficient (Wildman–Crippen LogP) is 4.21. The van der Waals surface area contributed by atoms with Crippen LogP contribution in [0.25, 0.3) is 0 Å². The number of nitrogens with one attached hydrogen (secondary N) is 1. The van der Waals surface area contributed by atoms with Crippen molar-refractivity contribution in [1.82, 2.24) is 0 Å². The third kappa shape index (κ3) is 3.46. The van der Waals surface area contributed by atoms with Crippen molar-refractivity contribution >= 4 is 5.69 Å². The molecule has 1 aromatic rings. The number of halogens is 3. The topological polar surface area (TPSA) is 12.0 Å². The Kier molecular flexibility index (Phi) is 3.77. The maximum Gasteiger partial charge on any atom is 0.416 e. The Morgan fingerprint density at radius 1 is 1.38 bits per heavy atom. The third-order valence-corrected chi connectivity index (χ3v) is 1.90. The Balaban J connectivity index is 2.91. The van der Waals surface area contributed by atoms with Gasteiger partial charge in [-0.1, -0.05) is 18.7 Å². The summed E-state index contributed by atoms with van der Waals surface area (Å²) in [6.07, 6.45) is -1.07. The Bertz CT molecular complexity index is 405. The number of hydrogen-bond acceptors (Lipinski definition) is 1. The fourth-order valence-electron chi connectivity index (χ4n) is 1.22. The smallest absolute Gasteiger partial charge is 0.359 e. The van der Waals surface area contributed by atoms with Crippen LogP contribution in [0, 0.1) is 0 Å². The van der Waals surface area contributed by atoms with E-state index >= 15 is 0 Å². The van der Waals surface area contributed by atoms with Gasteiger partial charge in [-0.05, 0) is 31.2 Å². The monoisotopic (exact) mass is 227 g/mol. The lowest BCUT2D eigenvalue weighted by Gasteiger charge is -2.10. The van der Waals surface area contributed by atoms with Gasteiger partial charge in [0.1, 0.15) is 0 Å². The van der Waals surface area contributed by atoms with Crippen LogP contribution < -0.4 is 5.32 Å². The molecule has 0 spiro atoms. The molecule has 0 bridgehead atoms. The minimum Gasteiger partial charge on any atom is -0.359 e. The molecule has 0 amide bonds. The van der Waals surface area contributed by atoms with E-state index in [1.165, 1.54) is 6.07 Å². The molecule has 0 heterocycles. The number of benzene rings is 1. The van der Waals surface area contributed by atoms with Crippen molar-refractivity contribution in [3.05, 3.63) is 54.3 Å². The third-order valence-electron chi connectivity index (χ3n) is 1.90. The lowest BCUT2D eigenvalue weighted by Crippen LogP contribution is -2.05. The molecule has 4 heteroatoms.